The highest BCUT2D eigenvalue weighted by atomic mass is 16.3. The molecule has 0 unspecified atom stereocenters. The number of hydrogen-bond donors (Lipinski definition) is 1. The Morgan fingerprint density at radius 2 is 1.67 bits per heavy atom. The summed E-state index contributed by atoms with van der Waals surface area (Å²) in [6.45, 7) is 5.49. The largest absolute Gasteiger partial charge is 0.388 e. The van der Waals surface area contributed by atoms with Gasteiger partial charge in [-0.15, -0.1) is 0 Å². The Morgan fingerprint density at radius 1 is 1.13 bits per heavy atom. The standard InChI is InChI=1S/C13H18O2/c1-9(2)12(14)10(3)13(15)11-7-5-4-6-8-11/h4-10,13,15H,1-3H3/t10-,13+/m0/s1. The summed E-state index contributed by atoms with van der Waals surface area (Å²) in [4.78, 5) is 11.7. The zero-order chi connectivity index (χ0) is 11.4. The predicted octanol–water partition coefficient (Wildman–Crippen LogP) is 2.58. The van der Waals surface area contributed by atoms with Crippen LogP contribution in [0, 0.1) is 11.8 Å². The molecule has 0 aliphatic rings. The summed E-state index contributed by atoms with van der Waals surface area (Å²) in [5.74, 6) is -0.267. The molecular weight excluding hydrogens is 188 g/mol. The second-order valence-electron chi connectivity index (χ2n) is 4.20. The number of carbonyl (C=O) groups is 1. The molecule has 82 valence electrons. The highest BCUT2D eigenvalue weighted by Gasteiger charge is 2.24. The third-order valence-corrected chi connectivity index (χ3v) is 2.63. The first-order valence-electron chi connectivity index (χ1n) is 5.30. The van der Waals surface area contributed by atoms with Crippen LogP contribution in [0.2, 0.25) is 0 Å². The van der Waals surface area contributed by atoms with Crippen molar-refractivity contribution in [1.82, 2.24) is 0 Å². The van der Waals surface area contributed by atoms with E-state index in [2.05, 4.69) is 0 Å². The summed E-state index contributed by atoms with van der Waals surface area (Å²) < 4.78 is 0. The summed E-state index contributed by atoms with van der Waals surface area (Å²) >= 11 is 0. The van der Waals surface area contributed by atoms with Crippen molar-refractivity contribution < 1.29 is 9.90 Å². The van der Waals surface area contributed by atoms with Crippen LogP contribution < -0.4 is 0 Å². The van der Waals surface area contributed by atoms with Crippen LogP contribution in [0.25, 0.3) is 0 Å². The lowest BCUT2D eigenvalue weighted by molar-refractivity contribution is -0.128. The maximum atomic E-state index is 11.7. The summed E-state index contributed by atoms with van der Waals surface area (Å²) in [6, 6.07) is 9.31. The Kier molecular flexibility index (Phi) is 4.04. The molecule has 2 atom stereocenters. The Balaban J connectivity index is 2.77. The molecule has 0 aromatic heterocycles. The SMILES string of the molecule is CC(C)C(=O)[C@H](C)[C@@H](O)c1ccccc1. The van der Waals surface area contributed by atoms with E-state index in [1.807, 2.05) is 44.2 Å². The lowest BCUT2D eigenvalue weighted by atomic mass is 9.89. The maximum Gasteiger partial charge on any atom is 0.141 e. The van der Waals surface area contributed by atoms with Crippen molar-refractivity contribution in [3.8, 4) is 0 Å². The zero-order valence-electron chi connectivity index (χ0n) is 9.47. The van der Waals surface area contributed by atoms with E-state index in [0.29, 0.717) is 0 Å². The van der Waals surface area contributed by atoms with Crippen molar-refractivity contribution in [3.05, 3.63) is 35.9 Å². The minimum atomic E-state index is -0.693. The molecule has 0 spiro atoms. The smallest absolute Gasteiger partial charge is 0.141 e. The van der Waals surface area contributed by atoms with E-state index >= 15 is 0 Å². The number of rotatable bonds is 4. The average molecular weight is 206 g/mol. The normalized spacial score (nSPS) is 15.0. The highest BCUT2D eigenvalue weighted by molar-refractivity contribution is 5.83. The molecule has 1 rings (SSSR count). The summed E-state index contributed by atoms with van der Waals surface area (Å²) in [7, 11) is 0. The van der Waals surface area contributed by atoms with Gasteiger partial charge in [-0.05, 0) is 5.56 Å². The molecule has 1 aromatic rings. The molecule has 0 aliphatic heterocycles. The fraction of sp³-hybridized carbons (Fsp3) is 0.462. The van der Waals surface area contributed by atoms with E-state index in [1.165, 1.54) is 0 Å². The van der Waals surface area contributed by atoms with Crippen LogP contribution >= 0.6 is 0 Å². The molecule has 2 nitrogen and oxygen atoms in total. The Labute approximate surface area is 90.9 Å². The van der Waals surface area contributed by atoms with Crippen LogP contribution in [0.5, 0.6) is 0 Å². The predicted molar refractivity (Wildman–Crippen MR) is 60.4 cm³/mol. The Morgan fingerprint density at radius 3 is 2.13 bits per heavy atom. The van der Waals surface area contributed by atoms with Crippen LogP contribution in [0.15, 0.2) is 30.3 Å². The number of carbonyl (C=O) groups excluding carboxylic acids is 1. The third-order valence-electron chi connectivity index (χ3n) is 2.63. The lowest BCUT2D eigenvalue weighted by Crippen LogP contribution is -2.23. The minimum absolute atomic E-state index is 0.0293. The van der Waals surface area contributed by atoms with Crippen molar-refractivity contribution in [2.75, 3.05) is 0 Å². The van der Waals surface area contributed by atoms with Crippen molar-refractivity contribution in [2.45, 2.75) is 26.9 Å². The average Bonchev–Trinajstić information content (AvgIpc) is 2.27. The molecule has 0 heterocycles. The van der Waals surface area contributed by atoms with Gasteiger partial charge in [-0.3, -0.25) is 4.79 Å². The van der Waals surface area contributed by atoms with Crippen LogP contribution in [-0.4, -0.2) is 10.9 Å². The number of Topliss-reactive ketones (excluding diaryl/α,β-unsaturated/α-hetero) is 1. The molecule has 0 saturated carbocycles. The van der Waals surface area contributed by atoms with Crippen molar-refractivity contribution in [3.63, 3.8) is 0 Å². The number of ketones is 1. The van der Waals surface area contributed by atoms with Gasteiger partial charge in [0.15, 0.2) is 0 Å². The first-order chi connectivity index (χ1) is 7.04. The Hall–Kier alpha value is -1.15. The van der Waals surface area contributed by atoms with Gasteiger partial charge in [0, 0.05) is 11.8 Å². The highest BCUT2D eigenvalue weighted by Crippen LogP contribution is 2.24. The molecule has 0 fully saturated rings. The summed E-state index contributed by atoms with van der Waals surface area (Å²) in [5, 5.41) is 9.99. The van der Waals surface area contributed by atoms with E-state index in [-0.39, 0.29) is 17.6 Å². The van der Waals surface area contributed by atoms with Crippen molar-refractivity contribution >= 4 is 5.78 Å². The second kappa shape index (κ2) is 5.08. The number of aliphatic hydroxyl groups excluding tert-OH is 1. The molecule has 1 aromatic carbocycles. The van der Waals surface area contributed by atoms with E-state index in [4.69, 9.17) is 0 Å². The molecule has 2 heteroatoms. The monoisotopic (exact) mass is 206 g/mol. The summed E-state index contributed by atoms with van der Waals surface area (Å²) in [6.07, 6.45) is -0.693. The molecule has 0 aliphatic carbocycles. The Bertz CT molecular complexity index is 317. The van der Waals surface area contributed by atoms with Crippen LogP contribution in [-0.2, 0) is 4.79 Å². The van der Waals surface area contributed by atoms with Crippen LogP contribution in [0.1, 0.15) is 32.4 Å². The van der Waals surface area contributed by atoms with Gasteiger partial charge >= 0.3 is 0 Å². The first kappa shape index (κ1) is 11.9. The summed E-state index contributed by atoms with van der Waals surface area (Å²) in [5.41, 5.74) is 0.805. The van der Waals surface area contributed by atoms with Gasteiger partial charge in [0.2, 0.25) is 0 Å². The van der Waals surface area contributed by atoms with E-state index in [0.717, 1.165) is 5.56 Å². The minimum Gasteiger partial charge on any atom is -0.388 e. The van der Waals surface area contributed by atoms with Crippen LogP contribution in [0.3, 0.4) is 0 Å². The van der Waals surface area contributed by atoms with Gasteiger partial charge < -0.3 is 5.11 Å². The van der Waals surface area contributed by atoms with Gasteiger partial charge in [-0.1, -0.05) is 51.1 Å². The zero-order valence-corrected chi connectivity index (χ0v) is 9.47. The van der Waals surface area contributed by atoms with E-state index < -0.39 is 6.10 Å². The van der Waals surface area contributed by atoms with Crippen molar-refractivity contribution in [1.29, 1.82) is 0 Å². The lowest BCUT2D eigenvalue weighted by Gasteiger charge is -2.19. The van der Waals surface area contributed by atoms with Crippen LogP contribution in [0.4, 0.5) is 0 Å². The van der Waals surface area contributed by atoms with E-state index in [9.17, 15) is 9.90 Å². The van der Waals surface area contributed by atoms with Gasteiger partial charge in [0.05, 0.1) is 6.10 Å². The quantitative estimate of drug-likeness (QED) is 0.822. The molecule has 0 amide bonds. The topological polar surface area (TPSA) is 37.3 Å². The molecule has 0 saturated heterocycles. The van der Waals surface area contributed by atoms with Crippen molar-refractivity contribution in [2.24, 2.45) is 11.8 Å². The fourth-order valence-corrected chi connectivity index (χ4v) is 1.62. The number of hydrogen-bond acceptors (Lipinski definition) is 2. The molecular formula is C13H18O2. The second-order valence-corrected chi connectivity index (χ2v) is 4.20. The first-order valence-corrected chi connectivity index (χ1v) is 5.30. The van der Waals surface area contributed by atoms with Gasteiger partial charge in [0.25, 0.3) is 0 Å². The maximum absolute atomic E-state index is 11.7. The molecule has 0 bridgehead atoms. The van der Waals surface area contributed by atoms with Gasteiger partial charge in [-0.2, -0.15) is 0 Å². The fourth-order valence-electron chi connectivity index (χ4n) is 1.62. The number of benzene rings is 1. The molecule has 15 heavy (non-hydrogen) atoms. The van der Waals surface area contributed by atoms with Gasteiger partial charge in [-0.25, -0.2) is 0 Å². The molecule has 0 radical (unpaired) electrons. The molecule has 1 N–H and O–H groups in total. The van der Waals surface area contributed by atoms with Gasteiger partial charge in [0.1, 0.15) is 5.78 Å². The number of aliphatic hydroxyl groups is 1. The third kappa shape index (κ3) is 2.90. The van der Waals surface area contributed by atoms with E-state index in [1.54, 1.807) is 6.92 Å².